The number of hydrogen-bond donors (Lipinski definition) is 4. The number of carbonyl (C=O) groups excluding carboxylic acids is 2. The van der Waals surface area contributed by atoms with Crippen molar-refractivity contribution in [1.29, 1.82) is 0 Å². The summed E-state index contributed by atoms with van der Waals surface area (Å²) in [6.45, 7) is -0.210. The predicted octanol–water partition coefficient (Wildman–Crippen LogP) is 3.08. The van der Waals surface area contributed by atoms with Gasteiger partial charge in [0.1, 0.15) is 34.9 Å². The number of H-pyrrole nitrogens is 1. The van der Waals surface area contributed by atoms with Crippen molar-refractivity contribution < 1.29 is 37.0 Å². The highest BCUT2D eigenvalue weighted by molar-refractivity contribution is 6.05. The Morgan fingerprint density at radius 2 is 1.92 bits per heavy atom. The van der Waals surface area contributed by atoms with Crippen molar-refractivity contribution in [3.05, 3.63) is 77.5 Å². The number of fused-ring (bicyclic) bond motifs is 2. The molecule has 3 aromatic heterocycles. The van der Waals surface area contributed by atoms with E-state index in [2.05, 4.69) is 20.3 Å². The number of alkyl halides is 3. The van der Waals surface area contributed by atoms with E-state index in [9.17, 15) is 32.3 Å². The lowest BCUT2D eigenvalue weighted by Gasteiger charge is -2.31. The standard InChI is InChI=1S/C26H21F4N5O4/c1-24(23(31)37)12-39-20-17(24)10-18(35-19(20)13-2-4-14(27)5-3-13)25(38,26(28,29)30)11-34-22(36)16-7-9-33-21-15(16)6-8-32-21/h2-10,38H,11-12H2,1H3,(H2,31,37)(H,32,33)(H,34,36)/t24-,25-/m0/s1. The van der Waals surface area contributed by atoms with Gasteiger partial charge in [0, 0.05) is 28.9 Å². The highest BCUT2D eigenvalue weighted by atomic mass is 19.4. The Bertz CT molecular complexity index is 1600. The van der Waals surface area contributed by atoms with Crippen LogP contribution in [0.1, 0.15) is 28.5 Å². The van der Waals surface area contributed by atoms with Crippen LogP contribution in [0, 0.1) is 5.82 Å². The van der Waals surface area contributed by atoms with Crippen LogP contribution in [0.25, 0.3) is 22.3 Å². The summed E-state index contributed by atoms with van der Waals surface area (Å²) in [5, 5.41) is 13.6. The molecule has 202 valence electrons. The van der Waals surface area contributed by atoms with Crippen LogP contribution in [0.4, 0.5) is 17.6 Å². The van der Waals surface area contributed by atoms with E-state index in [0.29, 0.717) is 11.0 Å². The molecule has 0 saturated carbocycles. The number of rotatable bonds is 6. The summed E-state index contributed by atoms with van der Waals surface area (Å²) >= 11 is 0. The first-order valence-corrected chi connectivity index (χ1v) is 11.6. The number of nitrogens with two attached hydrogens (primary N) is 1. The first-order chi connectivity index (χ1) is 18.3. The molecule has 4 heterocycles. The van der Waals surface area contributed by atoms with Gasteiger partial charge in [0.25, 0.3) is 5.91 Å². The first kappa shape index (κ1) is 26.1. The van der Waals surface area contributed by atoms with Crippen molar-refractivity contribution in [3.63, 3.8) is 0 Å². The van der Waals surface area contributed by atoms with Gasteiger partial charge in [0.05, 0.1) is 17.8 Å². The highest BCUT2D eigenvalue weighted by Gasteiger charge is 2.57. The first-order valence-electron chi connectivity index (χ1n) is 11.6. The van der Waals surface area contributed by atoms with Crippen LogP contribution >= 0.6 is 0 Å². The highest BCUT2D eigenvalue weighted by Crippen LogP contribution is 2.47. The fourth-order valence-electron chi connectivity index (χ4n) is 4.40. The van der Waals surface area contributed by atoms with E-state index < -0.39 is 47.1 Å². The van der Waals surface area contributed by atoms with E-state index in [-0.39, 0.29) is 34.7 Å². The van der Waals surface area contributed by atoms with Crippen LogP contribution in [0.15, 0.2) is 54.9 Å². The molecule has 0 spiro atoms. The summed E-state index contributed by atoms with van der Waals surface area (Å²) in [6, 6.07) is 8.45. The SMILES string of the molecule is C[C@]1(C(N)=O)COc2c1cc([C@@](O)(CNC(=O)c1ccnc3[nH]ccc13)C(F)(F)F)nc2-c1ccc(F)cc1. The van der Waals surface area contributed by atoms with Crippen LogP contribution in [0.3, 0.4) is 0 Å². The molecule has 0 saturated heterocycles. The minimum atomic E-state index is -5.33. The fourth-order valence-corrected chi connectivity index (χ4v) is 4.40. The number of aromatic nitrogens is 3. The molecule has 5 N–H and O–H groups in total. The molecule has 0 radical (unpaired) electrons. The predicted molar refractivity (Wildman–Crippen MR) is 130 cm³/mol. The molecule has 1 aliphatic rings. The molecular formula is C26H21F4N5O4. The molecule has 0 bridgehead atoms. The van der Waals surface area contributed by atoms with Gasteiger partial charge < -0.3 is 25.9 Å². The van der Waals surface area contributed by atoms with E-state index in [0.717, 1.165) is 18.2 Å². The molecule has 13 heteroatoms. The Kier molecular flexibility index (Phi) is 6.06. The van der Waals surface area contributed by atoms with Crippen molar-refractivity contribution >= 4 is 22.8 Å². The maximum atomic E-state index is 14.5. The molecule has 4 aromatic rings. The second kappa shape index (κ2) is 9.05. The third-order valence-corrected chi connectivity index (χ3v) is 6.84. The van der Waals surface area contributed by atoms with E-state index in [1.165, 1.54) is 43.6 Å². The van der Waals surface area contributed by atoms with Gasteiger partial charge in [-0.25, -0.2) is 14.4 Å². The number of primary amides is 1. The minimum Gasteiger partial charge on any atom is -0.489 e. The summed E-state index contributed by atoms with van der Waals surface area (Å²) < 4.78 is 62.7. The molecule has 0 unspecified atom stereocenters. The second-order valence-electron chi connectivity index (χ2n) is 9.36. The van der Waals surface area contributed by atoms with Crippen molar-refractivity contribution in [1.82, 2.24) is 20.3 Å². The van der Waals surface area contributed by atoms with Gasteiger partial charge in [-0.15, -0.1) is 0 Å². The molecule has 39 heavy (non-hydrogen) atoms. The zero-order valence-corrected chi connectivity index (χ0v) is 20.3. The Hall–Kier alpha value is -4.52. The Morgan fingerprint density at radius 3 is 2.59 bits per heavy atom. The van der Waals surface area contributed by atoms with Crippen LogP contribution in [0.5, 0.6) is 5.75 Å². The van der Waals surface area contributed by atoms with E-state index in [1.807, 2.05) is 0 Å². The molecule has 1 aliphatic heterocycles. The molecule has 1 aromatic carbocycles. The number of amides is 2. The van der Waals surface area contributed by atoms with Crippen LogP contribution < -0.4 is 15.8 Å². The maximum absolute atomic E-state index is 14.5. The monoisotopic (exact) mass is 543 g/mol. The largest absolute Gasteiger partial charge is 0.489 e. The number of carbonyl (C=O) groups is 2. The topological polar surface area (TPSA) is 143 Å². The lowest BCUT2D eigenvalue weighted by Crippen LogP contribution is -2.51. The summed E-state index contributed by atoms with van der Waals surface area (Å²) in [4.78, 5) is 36.1. The average molecular weight is 543 g/mol. The fraction of sp³-hybridized carbons (Fsp3) is 0.231. The number of benzene rings is 1. The molecule has 9 nitrogen and oxygen atoms in total. The summed E-state index contributed by atoms with van der Waals surface area (Å²) in [7, 11) is 0. The van der Waals surface area contributed by atoms with Gasteiger partial charge in [0.15, 0.2) is 0 Å². The van der Waals surface area contributed by atoms with Crippen molar-refractivity contribution in [3.8, 4) is 17.0 Å². The van der Waals surface area contributed by atoms with Crippen LogP contribution in [0.2, 0.25) is 0 Å². The Labute approximate surface area is 218 Å². The lowest BCUT2D eigenvalue weighted by molar-refractivity contribution is -0.265. The zero-order valence-electron chi connectivity index (χ0n) is 20.3. The van der Waals surface area contributed by atoms with Gasteiger partial charge in [-0.05, 0) is 49.4 Å². The molecule has 5 rings (SSSR count). The lowest BCUT2D eigenvalue weighted by atomic mass is 9.81. The normalized spacial score (nSPS) is 18.3. The third-order valence-electron chi connectivity index (χ3n) is 6.84. The number of hydrogen-bond acceptors (Lipinski definition) is 6. The molecular weight excluding hydrogens is 522 g/mol. The van der Waals surface area contributed by atoms with E-state index in [1.54, 1.807) is 0 Å². The van der Waals surface area contributed by atoms with Gasteiger partial charge in [-0.2, -0.15) is 13.2 Å². The number of nitrogens with one attached hydrogen (secondary N) is 2. The third kappa shape index (κ3) is 4.24. The molecule has 2 amide bonds. The Balaban J connectivity index is 1.62. The van der Waals surface area contributed by atoms with Gasteiger partial charge in [0.2, 0.25) is 11.5 Å². The van der Waals surface area contributed by atoms with Crippen molar-refractivity contribution in [2.75, 3.05) is 13.2 Å². The van der Waals surface area contributed by atoms with E-state index >= 15 is 0 Å². The van der Waals surface area contributed by atoms with Crippen LogP contribution in [-0.4, -0.2) is 51.2 Å². The molecule has 2 atom stereocenters. The average Bonchev–Trinajstić information content (AvgIpc) is 3.52. The number of aliphatic hydroxyl groups is 1. The van der Waals surface area contributed by atoms with Crippen LogP contribution in [-0.2, 0) is 15.8 Å². The van der Waals surface area contributed by atoms with Crippen molar-refractivity contribution in [2.45, 2.75) is 24.1 Å². The molecule has 0 aliphatic carbocycles. The maximum Gasteiger partial charge on any atom is 0.424 e. The van der Waals surface area contributed by atoms with Crippen molar-refractivity contribution in [2.24, 2.45) is 5.73 Å². The Morgan fingerprint density at radius 1 is 1.21 bits per heavy atom. The number of halogens is 4. The van der Waals surface area contributed by atoms with Gasteiger partial charge >= 0.3 is 6.18 Å². The number of aromatic amines is 1. The zero-order chi connectivity index (χ0) is 28.2. The van der Waals surface area contributed by atoms with Gasteiger partial charge in [-0.3, -0.25) is 9.59 Å². The number of ether oxygens (including phenoxy) is 1. The second-order valence-corrected chi connectivity index (χ2v) is 9.36. The van der Waals surface area contributed by atoms with E-state index in [4.69, 9.17) is 10.5 Å². The molecule has 0 fully saturated rings. The summed E-state index contributed by atoms with van der Waals surface area (Å²) in [5.74, 6) is -2.39. The summed E-state index contributed by atoms with van der Waals surface area (Å²) in [6.07, 6.45) is -2.50. The quantitative estimate of drug-likeness (QED) is 0.275. The smallest absolute Gasteiger partial charge is 0.424 e. The number of nitrogens with zero attached hydrogens (tertiary/aromatic N) is 2. The summed E-state index contributed by atoms with van der Waals surface area (Å²) in [5.41, 5.74) is -0.228. The minimum absolute atomic E-state index is 0.0214. The van der Waals surface area contributed by atoms with Gasteiger partial charge in [-0.1, -0.05) is 0 Å². The number of pyridine rings is 2.